The molecule has 0 radical (unpaired) electrons. The monoisotopic (exact) mass is 436 g/mol. The Bertz CT molecular complexity index is 658. The first-order valence-electron chi connectivity index (χ1n) is 9.66. The van der Waals surface area contributed by atoms with Crippen LogP contribution in [0.3, 0.4) is 0 Å². The van der Waals surface area contributed by atoms with E-state index in [-0.39, 0.29) is 18.7 Å². The third kappa shape index (κ3) is 7.95. The van der Waals surface area contributed by atoms with Gasteiger partial charge in [-0.3, -0.25) is 4.79 Å². The molecule has 0 bridgehead atoms. The van der Waals surface area contributed by atoms with Crippen LogP contribution in [0, 0.1) is 4.91 Å². The van der Waals surface area contributed by atoms with Crippen LogP contribution in [0.15, 0.2) is 29.9 Å². The van der Waals surface area contributed by atoms with Gasteiger partial charge in [0.15, 0.2) is 0 Å². The molecular formula is C18H28N8O3S. The molecule has 2 rings (SSSR count). The van der Waals surface area contributed by atoms with Crippen molar-refractivity contribution in [2.45, 2.75) is 24.9 Å². The minimum Gasteiger partial charge on any atom is -0.466 e. The number of anilines is 3. The van der Waals surface area contributed by atoms with Gasteiger partial charge in [0.05, 0.1) is 6.04 Å². The maximum absolute atomic E-state index is 10.5. The molecule has 12 heteroatoms. The maximum Gasteiger partial charge on any atom is 0.293 e. The van der Waals surface area contributed by atoms with Crippen LogP contribution in [-0.4, -0.2) is 72.0 Å². The molecule has 1 aliphatic rings. The Morgan fingerprint density at radius 3 is 2.33 bits per heavy atom. The minimum absolute atomic E-state index is 0.129. The number of nitrogens with one attached hydrogen (secondary N) is 3. The number of piperidine rings is 1. The fourth-order valence-corrected chi connectivity index (χ4v) is 3.42. The average molecular weight is 437 g/mol. The molecule has 0 amide bonds. The highest BCUT2D eigenvalue weighted by molar-refractivity contribution is 7.97. The number of rotatable bonds is 15. The van der Waals surface area contributed by atoms with Crippen molar-refractivity contribution < 1.29 is 9.53 Å². The van der Waals surface area contributed by atoms with Crippen LogP contribution in [-0.2, 0) is 9.53 Å². The van der Waals surface area contributed by atoms with E-state index < -0.39 is 0 Å². The summed E-state index contributed by atoms with van der Waals surface area (Å²) >= 11 is 0.914. The van der Waals surface area contributed by atoms with E-state index >= 15 is 0 Å². The third-order valence-corrected chi connectivity index (χ3v) is 5.03. The first-order valence-corrected chi connectivity index (χ1v) is 10.6. The summed E-state index contributed by atoms with van der Waals surface area (Å²) in [5.74, 6) is 2.01. The fourth-order valence-electron chi connectivity index (χ4n) is 2.99. The van der Waals surface area contributed by atoms with Gasteiger partial charge in [-0.15, -0.1) is 18.1 Å². The van der Waals surface area contributed by atoms with Crippen molar-refractivity contribution in [2.75, 3.05) is 54.1 Å². The van der Waals surface area contributed by atoms with Crippen LogP contribution in [0.5, 0.6) is 0 Å². The molecule has 1 fully saturated rings. The molecule has 164 valence electrons. The van der Waals surface area contributed by atoms with E-state index in [4.69, 9.17) is 4.74 Å². The Morgan fingerprint density at radius 2 is 1.80 bits per heavy atom. The summed E-state index contributed by atoms with van der Waals surface area (Å²) in [4.78, 5) is 36.4. The second-order valence-electron chi connectivity index (χ2n) is 6.55. The summed E-state index contributed by atoms with van der Waals surface area (Å²) in [6, 6.07) is 0.100. The largest absolute Gasteiger partial charge is 0.466 e. The fraction of sp³-hybridized carbons (Fsp3) is 0.556. The molecule has 0 unspecified atom stereocenters. The lowest BCUT2D eigenvalue weighted by molar-refractivity contribution is -0.129. The summed E-state index contributed by atoms with van der Waals surface area (Å²) in [6.07, 6.45) is 5.18. The molecule has 30 heavy (non-hydrogen) atoms. The number of nitroso groups, excluding NO2 is 1. The van der Waals surface area contributed by atoms with Gasteiger partial charge in [-0.05, 0) is 12.8 Å². The van der Waals surface area contributed by atoms with Crippen LogP contribution >= 0.6 is 11.9 Å². The molecule has 1 aliphatic heterocycles. The summed E-state index contributed by atoms with van der Waals surface area (Å²) in [5.41, 5.74) is 0. The third-order valence-electron chi connectivity index (χ3n) is 4.38. The van der Waals surface area contributed by atoms with Crippen molar-refractivity contribution in [1.29, 1.82) is 0 Å². The van der Waals surface area contributed by atoms with Crippen LogP contribution in [0.25, 0.3) is 0 Å². The highest BCUT2D eigenvalue weighted by Gasteiger charge is 2.24. The first kappa shape index (κ1) is 23.5. The van der Waals surface area contributed by atoms with E-state index in [2.05, 4.69) is 53.5 Å². The highest BCUT2D eigenvalue weighted by Crippen LogP contribution is 2.20. The molecule has 1 aromatic rings. The summed E-state index contributed by atoms with van der Waals surface area (Å²) in [7, 11) is 0. The molecule has 1 saturated heterocycles. The molecule has 11 nitrogen and oxygen atoms in total. The van der Waals surface area contributed by atoms with E-state index in [1.807, 2.05) is 0 Å². The van der Waals surface area contributed by atoms with Gasteiger partial charge in [-0.2, -0.15) is 15.0 Å². The number of carbonyl (C=O) groups excluding carboxylic acids is 1. The summed E-state index contributed by atoms with van der Waals surface area (Å²) in [6.45, 7) is 10.6. The van der Waals surface area contributed by atoms with Gasteiger partial charge >= 0.3 is 0 Å². The predicted molar refractivity (Wildman–Crippen MR) is 120 cm³/mol. The Labute approximate surface area is 180 Å². The lowest BCUT2D eigenvalue weighted by atomic mass is 10.0. The Balaban J connectivity index is 1.98. The number of hydrogen-bond acceptors (Lipinski definition) is 12. The van der Waals surface area contributed by atoms with Crippen molar-refractivity contribution in [3.63, 3.8) is 0 Å². The Kier molecular flexibility index (Phi) is 10.6. The van der Waals surface area contributed by atoms with Gasteiger partial charge in [-0.1, -0.05) is 12.2 Å². The van der Waals surface area contributed by atoms with Crippen LogP contribution < -0.4 is 20.9 Å². The molecule has 1 atom stereocenters. The number of aromatic nitrogens is 3. The highest BCUT2D eigenvalue weighted by atomic mass is 32.2. The van der Waals surface area contributed by atoms with Crippen molar-refractivity contribution in [3.05, 3.63) is 30.2 Å². The Hall–Kier alpha value is -2.73. The smallest absolute Gasteiger partial charge is 0.293 e. The van der Waals surface area contributed by atoms with E-state index in [9.17, 15) is 9.70 Å². The van der Waals surface area contributed by atoms with Crippen molar-refractivity contribution >= 4 is 36.3 Å². The number of carbonyl (C=O) groups is 1. The van der Waals surface area contributed by atoms with Crippen molar-refractivity contribution in [2.24, 2.45) is 4.58 Å². The van der Waals surface area contributed by atoms with Gasteiger partial charge in [-0.25, -0.2) is 0 Å². The standard InChI is InChI=1S/C18H28N8O3S/c1-3-7-19-16-22-17(20-8-4-2)24-18(23-16)26-9-5-14(6-10-26)21-15(11-29-13-27)12-30-25-28/h3-4,13-15,21H,1-2,5-12H2,(H2,19,20,22,23,24)/t15-/m1/s1. The maximum atomic E-state index is 10.5. The van der Waals surface area contributed by atoms with Gasteiger partial charge in [0.1, 0.15) is 6.61 Å². The molecule has 0 aliphatic carbocycles. The molecule has 0 spiro atoms. The topological polar surface area (TPSA) is 134 Å². The van der Waals surface area contributed by atoms with E-state index in [1.54, 1.807) is 12.2 Å². The molecule has 2 heterocycles. The van der Waals surface area contributed by atoms with Crippen LogP contribution in [0.1, 0.15) is 12.8 Å². The molecule has 0 aromatic carbocycles. The van der Waals surface area contributed by atoms with Gasteiger partial charge in [0, 0.05) is 54.5 Å². The van der Waals surface area contributed by atoms with Gasteiger partial charge < -0.3 is 25.6 Å². The SMILES string of the molecule is C=CCNc1nc(NCC=C)nc(N2CCC(N[C@H](COC=O)CSN=O)CC2)n1. The Morgan fingerprint density at radius 1 is 1.17 bits per heavy atom. The quantitative estimate of drug-likeness (QED) is 0.160. The van der Waals surface area contributed by atoms with E-state index in [0.717, 1.165) is 37.9 Å². The zero-order valence-corrected chi connectivity index (χ0v) is 17.6. The second-order valence-corrected chi connectivity index (χ2v) is 7.29. The van der Waals surface area contributed by atoms with Crippen LogP contribution in [0.2, 0.25) is 0 Å². The van der Waals surface area contributed by atoms with Crippen molar-refractivity contribution in [3.8, 4) is 0 Å². The minimum atomic E-state index is -0.129. The number of ether oxygens (including phenoxy) is 1. The molecular weight excluding hydrogens is 408 g/mol. The van der Waals surface area contributed by atoms with E-state index in [0.29, 0.717) is 43.2 Å². The normalized spacial score (nSPS) is 15.1. The zero-order chi connectivity index (χ0) is 21.6. The number of hydrogen-bond donors (Lipinski definition) is 3. The second kappa shape index (κ2) is 13.5. The van der Waals surface area contributed by atoms with Gasteiger partial charge in [0.2, 0.25) is 17.8 Å². The molecule has 1 aromatic heterocycles. The molecule has 0 saturated carbocycles. The van der Waals surface area contributed by atoms with Gasteiger partial charge in [0.25, 0.3) is 6.47 Å². The number of nitrogens with zero attached hydrogens (tertiary/aromatic N) is 5. The lowest BCUT2D eigenvalue weighted by Gasteiger charge is -2.34. The predicted octanol–water partition coefficient (Wildman–Crippen LogP) is 1.58. The summed E-state index contributed by atoms with van der Waals surface area (Å²) < 4.78 is 7.67. The first-order chi connectivity index (χ1) is 14.7. The van der Waals surface area contributed by atoms with Crippen LogP contribution in [0.4, 0.5) is 17.8 Å². The van der Waals surface area contributed by atoms with E-state index in [1.165, 1.54) is 0 Å². The zero-order valence-electron chi connectivity index (χ0n) is 16.8. The summed E-state index contributed by atoms with van der Waals surface area (Å²) in [5, 5.41) is 9.65. The average Bonchev–Trinajstić information content (AvgIpc) is 2.78. The lowest BCUT2D eigenvalue weighted by Crippen LogP contribution is -2.48. The molecule has 3 N–H and O–H groups in total. The van der Waals surface area contributed by atoms with Crippen molar-refractivity contribution in [1.82, 2.24) is 20.3 Å².